The van der Waals surface area contributed by atoms with Gasteiger partial charge in [-0.3, -0.25) is 4.79 Å². The van der Waals surface area contributed by atoms with Gasteiger partial charge in [-0.1, -0.05) is 32.4 Å². The average Bonchev–Trinajstić information content (AvgIpc) is 3.31. The maximum Gasteiger partial charge on any atom is 0.317 e. The van der Waals surface area contributed by atoms with E-state index in [-0.39, 0.29) is 24.5 Å². The van der Waals surface area contributed by atoms with Crippen LogP contribution in [0.15, 0.2) is 35.7 Å². The molecule has 2 atom stereocenters. The monoisotopic (exact) mass is 473 g/mol. The number of nitrogens with zero attached hydrogens (tertiary/aromatic N) is 2. The van der Waals surface area contributed by atoms with Crippen LogP contribution in [0.5, 0.6) is 11.5 Å². The number of rotatable bonds is 10. The molecule has 2 unspecified atom stereocenters. The molecule has 0 radical (unpaired) electrons. The van der Waals surface area contributed by atoms with Gasteiger partial charge in [0.15, 0.2) is 11.5 Å². The zero-order valence-electron chi connectivity index (χ0n) is 20.0. The highest BCUT2D eigenvalue weighted by Gasteiger charge is 2.33. The molecule has 2 aromatic rings. The number of ether oxygens (including phenoxy) is 2. The molecule has 33 heavy (non-hydrogen) atoms. The summed E-state index contributed by atoms with van der Waals surface area (Å²) in [5.74, 6) is 1.56. The highest BCUT2D eigenvalue weighted by molar-refractivity contribution is 7.10. The van der Waals surface area contributed by atoms with E-state index in [0.29, 0.717) is 43.7 Å². The van der Waals surface area contributed by atoms with Crippen molar-refractivity contribution in [2.45, 2.75) is 39.7 Å². The van der Waals surface area contributed by atoms with Gasteiger partial charge in [-0.2, -0.15) is 0 Å². The molecule has 3 rings (SSSR count). The van der Waals surface area contributed by atoms with Crippen LogP contribution in [0.1, 0.15) is 43.7 Å². The van der Waals surface area contributed by atoms with Crippen LogP contribution >= 0.6 is 11.3 Å². The molecule has 2 heterocycles. The Bertz CT molecular complexity index is 932. The van der Waals surface area contributed by atoms with Gasteiger partial charge in [-0.25, -0.2) is 4.79 Å². The lowest BCUT2D eigenvalue weighted by atomic mass is 10.00. The summed E-state index contributed by atoms with van der Waals surface area (Å²) in [5, 5.41) is 4.91. The molecule has 1 aliphatic heterocycles. The van der Waals surface area contributed by atoms with Crippen LogP contribution in [0.2, 0.25) is 0 Å². The van der Waals surface area contributed by atoms with Gasteiger partial charge in [0.2, 0.25) is 5.91 Å². The van der Waals surface area contributed by atoms with Crippen molar-refractivity contribution in [3.05, 3.63) is 46.2 Å². The number of urea groups is 1. The second-order valence-electron chi connectivity index (χ2n) is 8.34. The van der Waals surface area contributed by atoms with Gasteiger partial charge in [-0.05, 0) is 48.4 Å². The summed E-state index contributed by atoms with van der Waals surface area (Å²) in [4.78, 5) is 30.9. The van der Waals surface area contributed by atoms with Gasteiger partial charge >= 0.3 is 6.03 Å². The molecule has 1 aromatic heterocycles. The molecular formula is C25H35N3O4S. The van der Waals surface area contributed by atoms with Crippen LogP contribution in [-0.4, -0.2) is 61.6 Å². The Hall–Kier alpha value is -2.74. The molecule has 0 bridgehead atoms. The topological polar surface area (TPSA) is 71.1 Å². The number of methoxy groups -OCH3 is 1. The summed E-state index contributed by atoms with van der Waals surface area (Å²) in [6.07, 6.45) is 1.76. The lowest BCUT2D eigenvalue weighted by molar-refractivity contribution is -0.135. The van der Waals surface area contributed by atoms with Crippen LogP contribution in [0.3, 0.4) is 0 Å². The van der Waals surface area contributed by atoms with Crippen LogP contribution < -0.4 is 14.8 Å². The summed E-state index contributed by atoms with van der Waals surface area (Å²) in [7, 11) is 1.61. The first kappa shape index (κ1) is 24.9. The number of benzene rings is 1. The second kappa shape index (κ2) is 11.9. The van der Waals surface area contributed by atoms with Crippen LogP contribution in [0, 0.1) is 5.92 Å². The number of para-hydroxylation sites is 2. The molecular weight excluding hydrogens is 438 g/mol. The molecule has 0 saturated heterocycles. The smallest absolute Gasteiger partial charge is 0.317 e. The van der Waals surface area contributed by atoms with E-state index >= 15 is 0 Å². The minimum absolute atomic E-state index is 0.0564. The van der Waals surface area contributed by atoms with Gasteiger partial charge in [0, 0.05) is 24.5 Å². The van der Waals surface area contributed by atoms with E-state index in [1.54, 1.807) is 23.3 Å². The maximum atomic E-state index is 13.5. The molecule has 1 aromatic carbocycles. The van der Waals surface area contributed by atoms with Gasteiger partial charge < -0.3 is 24.6 Å². The zero-order chi connectivity index (χ0) is 23.8. The Labute approximate surface area is 200 Å². The summed E-state index contributed by atoms with van der Waals surface area (Å²) in [5.41, 5.74) is 1.13. The fourth-order valence-corrected chi connectivity index (χ4v) is 4.95. The molecule has 0 aliphatic carbocycles. The van der Waals surface area contributed by atoms with Crippen LogP contribution in [0.4, 0.5) is 4.79 Å². The molecule has 3 amide bonds. The second-order valence-corrected chi connectivity index (χ2v) is 9.34. The first-order valence-electron chi connectivity index (χ1n) is 11.6. The Morgan fingerprint density at radius 3 is 2.70 bits per heavy atom. The van der Waals surface area contributed by atoms with E-state index in [4.69, 9.17) is 9.47 Å². The maximum absolute atomic E-state index is 13.5. The highest BCUT2D eigenvalue weighted by Crippen LogP contribution is 2.35. The number of hydrogen-bond donors (Lipinski definition) is 1. The number of fused-ring (bicyclic) bond motifs is 1. The van der Waals surface area contributed by atoms with E-state index in [0.717, 1.165) is 18.4 Å². The van der Waals surface area contributed by atoms with Crippen molar-refractivity contribution < 1.29 is 19.1 Å². The number of nitrogens with one attached hydrogen (secondary N) is 1. The predicted octanol–water partition coefficient (Wildman–Crippen LogP) is 4.34. The number of carbonyl (C=O) groups excluding carboxylic acids is 2. The predicted molar refractivity (Wildman–Crippen MR) is 131 cm³/mol. The summed E-state index contributed by atoms with van der Waals surface area (Å²) in [6.45, 7) is 8.14. The van der Waals surface area contributed by atoms with Crippen molar-refractivity contribution in [2.24, 2.45) is 5.92 Å². The third-order valence-corrected chi connectivity index (χ3v) is 7.05. The molecule has 0 saturated carbocycles. The van der Waals surface area contributed by atoms with Gasteiger partial charge in [0.25, 0.3) is 0 Å². The number of hydrogen-bond acceptors (Lipinski definition) is 5. The molecule has 8 heteroatoms. The molecule has 1 aliphatic rings. The summed E-state index contributed by atoms with van der Waals surface area (Å²) in [6, 6.07) is 9.19. The fourth-order valence-electron chi connectivity index (χ4n) is 4.02. The lowest BCUT2D eigenvalue weighted by Crippen LogP contribution is -2.50. The molecule has 7 nitrogen and oxygen atoms in total. The van der Waals surface area contributed by atoms with E-state index in [1.165, 1.54) is 4.88 Å². The third-order valence-electron chi connectivity index (χ3n) is 6.05. The Kier molecular flexibility index (Phi) is 9.00. The van der Waals surface area contributed by atoms with Gasteiger partial charge in [-0.15, -0.1) is 11.3 Å². The van der Waals surface area contributed by atoms with Gasteiger partial charge in [0.05, 0.1) is 13.2 Å². The van der Waals surface area contributed by atoms with Crippen LogP contribution in [0.25, 0.3) is 0 Å². The van der Waals surface area contributed by atoms with Crippen LogP contribution in [-0.2, 0) is 11.2 Å². The molecule has 1 N–H and O–H groups in total. The fraction of sp³-hybridized carbons (Fsp3) is 0.520. The van der Waals surface area contributed by atoms with E-state index in [2.05, 4.69) is 30.6 Å². The quantitative estimate of drug-likeness (QED) is 0.557. The standard InChI is InChI=1S/C25H35N3O4S/c1-5-18(3)15-27(25(30)26-6-2)16-24(29)28-13-11-23-19(12-14-33-23)20(28)17-32-22-10-8-7-9-21(22)31-4/h7-10,12,14,18,20H,5-6,11,13,15-17H2,1-4H3,(H,26,30). The van der Waals surface area contributed by atoms with Crippen molar-refractivity contribution in [1.82, 2.24) is 15.1 Å². The number of thiophene rings is 1. The highest BCUT2D eigenvalue weighted by atomic mass is 32.1. The Balaban J connectivity index is 1.78. The van der Waals surface area contributed by atoms with Crippen molar-refractivity contribution in [3.63, 3.8) is 0 Å². The largest absolute Gasteiger partial charge is 0.493 e. The Morgan fingerprint density at radius 2 is 2.00 bits per heavy atom. The molecule has 0 fully saturated rings. The molecule has 0 spiro atoms. The molecule has 180 valence electrons. The summed E-state index contributed by atoms with van der Waals surface area (Å²) >= 11 is 1.72. The van der Waals surface area contributed by atoms with E-state index < -0.39 is 0 Å². The number of amides is 3. The lowest BCUT2D eigenvalue weighted by Gasteiger charge is -2.37. The van der Waals surface area contributed by atoms with E-state index in [1.807, 2.05) is 36.1 Å². The zero-order valence-corrected chi connectivity index (χ0v) is 20.8. The number of carbonyl (C=O) groups is 2. The first-order valence-corrected chi connectivity index (χ1v) is 12.5. The van der Waals surface area contributed by atoms with Gasteiger partial charge in [0.1, 0.15) is 13.2 Å². The minimum atomic E-state index is -0.211. The van der Waals surface area contributed by atoms with Crippen molar-refractivity contribution in [2.75, 3.05) is 39.9 Å². The van der Waals surface area contributed by atoms with Crippen molar-refractivity contribution >= 4 is 23.3 Å². The summed E-state index contributed by atoms with van der Waals surface area (Å²) < 4.78 is 11.5. The SMILES string of the molecule is CCNC(=O)N(CC(=O)N1CCc2sccc2C1COc1ccccc1OC)CC(C)CC. The third kappa shape index (κ3) is 6.19. The normalized spacial score (nSPS) is 16.0. The van der Waals surface area contributed by atoms with Crippen molar-refractivity contribution in [3.8, 4) is 11.5 Å². The minimum Gasteiger partial charge on any atom is -0.493 e. The average molecular weight is 474 g/mol. The van der Waals surface area contributed by atoms with Crippen molar-refractivity contribution in [1.29, 1.82) is 0 Å². The first-order chi connectivity index (χ1) is 16.0. The van der Waals surface area contributed by atoms with E-state index in [9.17, 15) is 9.59 Å². The Morgan fingerprint density at radius 1 is 1.24 bits per heavy atom.